The Morgan fingerprint density at radius 1 is 1.41 bits per heavy atom. The van der Waals surface area contributed by atoms with Gasteiger partial charge in [-0.1, -0.05) is 0 Å². The standard InChI is InChI=1S/C14H18N2O/c1-9-14-12(6-7-15-9)11-5-4-10(17-3)8-13(11)16(14)2/h4-5,8-9,15H,6-7H2,1-3H3/t9-/m1/s1. The van der Waals surface area contributed by atoms with Gasteiger partial charge in [0.2, 0.25) is 0 Å². The Kier molecular flexibility index (Phi) is 2.37. The predicted molar refractivity (Wildman–Crippen MR) is 69.6 cm³/mol. The quantitative estimate of drug-likeness (QED) is 0.814. The minimum Gasteiger partial charge on any atom is -0.497 e. The maximum atomic E-state index is 5.31. The van der Waals surface area contributed by atoms with E-state index in [1.165, 1.54) is 22.2 Å². The van der Waals surface area contributed by atoms with E-state index < -0.39 is 0 Å². The number of nitrogens with zero attached hydrogens (tertiary/aromatic N) is 1. The summed E-state index contributed by atoms with van der Waals surface area (Å²) in [4.78, 5) is 0. The summed E-state index contributed by atoms with van der Waals surface area (Å²) in [5.74, 6) is 0.927. The molecular formula is C14H18N2O. The van der Waals surface area contributed by atoms with Crippen LogP contribution in [0.1, 0.15) is 24.2 Å². The van der Waals surface area contributed by atoms with Gasteiger partial charge in [0.25, 0.3) is 0 Å². The summed E-state index contributed by atoms with van der Waals surface area (Å²) in [6.45, 7) is 3.30. The average molecular weight is 230 g/mol. The number of ether oxygens (including phenoxy) is 1. The summed E-state index contributed by atoms with van der Waals surface area (Å²) < 4.78 is 7.60. The topological polar surface area (TPSA) is 26.2 Å². The Morgan fingerprint density at radius 3 is 3.00 bits per heavy atom. The van der Waals surface area contributed by atoms with Crippen molar-refractivity contribution in [2.75, 3.05) is 13.7 Å². The van der Waals surface area contributed by atoms with Crippen LogP contribution in [0.2, 0.25) is 0 Å². The summed E-state index contributed by atoms with van der Waals surface area (Å²) in [6.07, 6.45) is 1.11. The largest absolute Gasteiger partial charge is 0.497 e. The maximum Gasteiger partial charge on any atom is 0.120 e. The molecule has 90 valence electrons. The smallest absolute Gasteiger partial charge is 0.120 e. The molecule has 2 aromatic rings. The number of methoxy groups -OCH3 is 1. The maximum absolute atomic E-state index is 5.31. The van der Waals surface area contributed by atoms with Crippen LogP contribution < -0.4 is 10.1 Å². The molecule has 0 bridgehead atoms. The third kappa shape index (κ3) is 1.46. The number of aromatic nitrogens is 1. The highest BCUT2D eigenvalue weighted by atomic mass is 16.5. The molecule has 1 N–H and O–H groups in total. The molecule has 0 saturated heterocycles. The SMILES string of the molecule is COc1ccc2c3c(n(C)c2c1)[C@@H](C)NCC3. The van der Waals surface area contributed by atoms with Gasteiger partial charge < -0.3 is 14.6 Å². The Hall–Kier alpha value is -1.48. The van der Waals surface area contributed by atoms with Crippen LogP contribution in [0.3, 0.4) is 0 Å². The number of hydrogen-bond donors (Lipinski definition) is 1. The number of hydrogen-bond acceptors (Lipinski definition) is 2. The predicted octanol–water partition coefficient (Wildman–Crippen LogP) is 2.39. The third-order valence-corrected chi connectivity index (χ3v) is 3.80. The van der Waals surface area contributed by atoms with Crippen molar-refractivity contribution < 1.29 is 4.74 Å². The van der Waals surface area contributed by atoms with Gasteiger partial charge in [-0.05, 0) is 37.6 Å². The second kappa shape index (κ2) is 3.77. The van der Waals surface area contributed by atoms with Gasteiger partial charge in [0.15, 0.2) is 0 Å². The molecular weight excluding hydrogens is 212 g/mol. The van der Waals surface area contributed by atoms with E-state index in [0.29, 0.717) is 6.04 Å². The van der Waals surface area contributed by atoms with Gasteiger partial charge in [-0.25, -0.2) is 0 Å². The molecule has 3 nitrogen and oxygen atoms in total. The average Bonchev–Trinajstić information content (AvgIpc) is 2.64. The summed E-state index contributed by atoms with van der Waals surface area (Å²) in [5, 5.41) is 4.89. The Morgan fingerprint density at radius 2 is 2.24 bits per heavy atom. The van der Waals surface area contributed by atoms with Gasteiger partial charge in [0.05, 0.1) is 12.6 Å². The van der Waals surface area contributed by atoms with E-state index in [-0.39, 0.29) is 0 Å². The molecule has 1 aliphatic heterocycles. The zero-order valence-electron chi connectivity index (χ0n) is 10.6. The number of nitrogens with one attached hydrogen (secondary N) is 1. The van der Waals surface area contributed by atoms with Gasteiger partial charge in [0.1, 0.15) is 5.75 Å². The van der Waals surface area contributed by atoms with E-state index in [4.69, 9.17) is 4.74 Å². The normalized spacial score (nSPS) is 19.4. The second-order valence-corrected chi connectivity index (χ2v) is 4.73. The van der Waals surface area contributed by atoms with E-state index in [0.717, 1.165) is 18.7 Å². The minimum atomic E-state index is 0.433. The van der Waals surface area contributed by atoms with Crippen molar-refractivity contribution in [3.05, 3.63) is 29.5 Å². The summed E-state index contributed by atoms with van der Waals surface area (Å²) in [5.41, 5.74) is 4.18. The number of rotatable bonds is 1. The Bertz CT molecular complexity index is 571. The van der Waals surface area contributed by atoms with E-state index in [9.17, 15) is 0 Å². The first-order chi connectivity index (χ1) is 8.22. The second-order valence-electron chi connectivity index (χ2n) is 4.73. The molecule has 0 aliphatic carbocycles. The fraction of sp³-hybridized carbons (Fsp3) is 0.429. The lowest BCUT2D eigenvalue weighted by Crippen LogP contribution is -2.28. The fourth-order valence-corrected chi connectivity index (χ4v) is 2.97. The molecule has 0 amide bonds. The van der Waals surface area contributed by atoms with E-state index in [1.54, 1.807) is 7.11 Å². The minimum absolute atomic E-state index is 0.433. The van der Waals surface area contributed by atoms with Crippen LogP contribution in [-0.4, -0.2) is 18.2 Å². The van der Waals surface area contributed by atoms with E-state index in [2.05, 4.69) is 42.1 Å². The molecule has 2 heterocycles. The highest BCUT2D eigenvalue weighted by molar-refractivity contribution is 5.87. The van der Waals surface area contributed by atoms with Crippen molar-refractivity contribution in [1.29, 1.82) is 0 Å². The molecule has 3 heteroatoms. The summed E-state index contributed by atoms with van der Waals surface area (Å²) in [7, 11) is 3.86. The van der Waals surface area contributed by atoms with Gasteiger partial charge in [-0.3, -0.25) is 0 Å². The Balaban J connectivity index is 2.32. The highest BCUT2D eigenvalue weighted by Gasteiger charge is 2.23. The van der Waals surface area contributed by atoms with Gasteiger partial charge in [-0.2, -0.15) is 0 Å². The van der Waals surface area contributed by atoms with Crippen LogP contribution in [-0.2, 0) is 13.5 Å². The van der Waals surface area contributed by atoms with E-state index >= 15 is 0 Å². The molecule has 0 fully saturated rings. The van der Waals surface area contributed by atoms with Crippen molar-refractivity contribution in [3.8, 4) is 5.75 Å². The summed E-state index contributed by atoms with van der Waals surface area (Å²) >= 11 is 0. The van der Waals surface area contributed by atoms with E-state index in [1.807, 2.05) is 0 Å². The van der Waals surface area contributed by atoms with Gasteiger partial charge >= 0.3 is 0 Å². The molecule has 1 aliphatic rings. The zero-order chi connectivity index (χ0) is 12.0. The first kappa shape index (κ1) is 10.7. The number of aryl methyl sites for hydroxylation is 1. The lowest BCUT2D eigenvalue weighted by molar-refractivity contribution is 0.415. The highest BCUT2D eigenvalue weighted by Crippen LogP contribution is 2.33. The van der Waals surface area contributed by atoms with Crippen molar-refractivity contribution in [2.45, 2.75) is 19.4 Å². The van der Waals surface area contributed by atoms with Crippen LogP contribution >= 0.6 is 0 Å². The van der Waals surface area contributed by atoms with Crippen molar-refractivity contribution in [3.63, 3.8) is 0 Å². The summed E-state index contributed by atoms with van der Waals surface area (Å²) in [6, 6.07) is 6.79. The lowest BCUT2D eigenvalue weighted by atomic mass is 10.0. The fourth-order valence-electron chi connectivity index (χ4n) is 2.97. The molecule has 1 aromatic carbocycles. The van der Waals surface area contributed by atoms with Crippen molar-refractivity contribution in [2.24, 2.45) is 7.05 Å². The van der Waals surface area contributed by atoms with Crippen LogP contribution in [0.25, 0.3) is 10.9 Å². The molecule has 0 spiro atoms. The van der Waals surface area contributed by atoms with Gasteiger partial charge in [0, 0.05) is 30.2 Å². The Labute approximate surface area is 101 Å². The van der Waals surface area contributed by atoms with Crippen LogP contribution in [0, 0.1) is 0 Å². The molecule has 17 heavy (non-hydrogen) atoms. The molecule has 0 saturated carbocycles. The molecule has 0 radical (unpaired) electrons. The first-order valence-electron chi connectivity index (χ1n) is 6.11. The lowest BCUT2D eigenvalue weighted by Gasteiger charge is -2.22. The first-order valence-corrected chi connectivity index (χ1v) is 6.11. The van der Waals surface area contributed by atoms with Crippen LogP contribution in [0.15, 0.2) is 18.2 Å². The van der Waals surface area contributed by atoms with Crippen molar-refractivity contribution >= 4 is 10.9 Å². The van der Waals surface area contributed by atoms with Crippen LogP contribution in [0.4, 0.5) is 0 Å². The molecule has 3 rings (SSSR count). The van der Waals surface area contributed by atoms with Gasteiger partial charge in [-0.15, -0.1) is 0 Å². The van der Waals surface area contributed by atoms with Crippen molar-refractivity contribution in [1.82, 2.24) is 9.88 Å². The molecule has 1 aromatic heterocycles. The number of benzene rings is 1. The van der Waals surface area contributed by atoms with Crippen LogP contribution in [0.5, 0.6) is 5.75 Å². The zero-order valence-corrected chi connectivity index (χ0v) is 10.6. The monoisotopic (exact) mass is 230 g/mol. The molecule has 1 atom stereocenters. The number of fused-ring (bicyclic) bond motifs is 3. The third-order valence-electron chi connectivity index (χ3n) is 3.80. The molecule has 0 unspecified atom stereocenters.